The minimum atomic E-state index is 0.746. The second kappa shape index (κ2) is 3.99. The third kappa shape index (κ3) is 1.93. The fourth-order valence-electron chi connectivity index (χ4n) is 3.52. The molecular formula is C16H22N+. The van der Waals surface area contributed by atoms with E-state index in [4.69, 9.17) is 0 Å². The van der Waals surface area contributed by atoms with Crippen LogP contribution in [0.4, 0.5) is 0 Å². The van der Waals surface area contributed by atoms with Gasteiger partial charge in [-0.15, -0.1) is 0 Å². The summed E-state index contributed by atoms with van der Waals surface area (Å²) in [6.07, 6.45) is 7.80. The predicted molar refractivity (Wildman–Crippen MR) is 72.7 cm³/mol. The molecule has 1 aliphatic carbocycles. The van der Waals surface area contributed by atoms with Crippen LogP contribution in [0.2, 0.25) is 0 Å². The van der Waals surface area contributed by atoms with Crippen LogP contribution in [0.15, 0.2) is 29.8 Å². The summed E-state index contributed by atoms with van der Waals surface area (Å²) in [4.78, 5) is 0. The summed E-state index contributed by atoms with van der Waals surface area (Å²) in [7, 11) is 4.79. The van der Waals surface area contributed by atoms with E-state index in [1.807, 2.05) is 0 Å². The molecule has 1 unspecified atom stereocenters. The van der Waals surface area contributed by atoms with E-state index in [1.54, 1.807) is 5.57 Å². The lowest BCUT2D eigenvalue weighted by molar-refractivity contribution is -0.914. The molecule has 17 heavy (non-hydrogen) atoms. The number of likely N-dealkylation sites (N-methyl/N-ethyl adjacent to an activating group) is 1. The van der Waals surface area contributed by atoms with Crippen molar-refractivity contribution in [3.05, 3.63) is 41.0 Å². The van der Waals surface area contributed by atoms with Crippen LogP contribution in [0.3, 0.4) is 0 Å². The van der Waals surface area contributed by atoms with Gasteiger partial charge in [0.2, 0.25) is 0 Å². The molecule has 0 aromatic heterocycles. The van der Waals surface area contributed by atoms with E-state index >= 15 is 0 Å². The molecule has 1 heterocycles. The second-order valence-electron chi connectivity index (χ2n) is 6.11. The highest BCUT2D eigenvalue weighted by Crippen LogP contribution is 2.34. The molecule has 0 spiro atoms. The first-order chi connectivity index (χ1) is 8.17. The van der Waals surface area contributed by atoms with Gasteiger partial charge in [0.05, 0.1) is 20.6 Å². The number of hydrogen-bond acceptors (Lipinski definition) is 0. The topological polar surface area (TPSA) is 0 Å². The van der Waals surface area contributed by atoms with Gasteiger partial charge in [0.1, 0.15) is 6.04 Å². The van der Waals surface area contributed by atoms with Crippen molar-refractivity contribution in [2.45, 2.75) is 31.7 Å². The van der Waals surface area contributed by atoms with Crippen LogP contribution in [-0.4, -0.2) is 31.2 Å². The molecule has 1 nitrogen and oxygen atoms in total. The van der Waals surface area contributed by atoms with Gasteiger partial charge in [0.25, 0.3) is 0 Å². The van der Waals surface area contributed by atoms with E-state index < -0.39 is 0 Å². The number of fused-ring (bicyclic) bond motifs is 1. The molecule has 0 saturated carbocycles. The van der Waals surface area contributed by atoms with Gasteiger partial charge in [0, 0.05) is 12.8 Å². The zero-order valence-corrected chi connectivity index (χ0v) is 10.9. The maximum Gasteiger partial charge on any atom is 0.111 e. The lowest BCUT2D eigenvalue weighted by Gasteiger charge is -2.42. The lowest BCUT2D eigenvalue weighted by atomic mass is 9.92. The summed E-state index contributed by atoms with van der Waals surface area (Å²) in [6.45, 7) is 1.33. The highest BCUT2D eigenvalue weighted by atomic mass is 15.3. The molecule has 1 saturated heterocycles. The number of quaternary nitrogens is 1. The molecule has 0 bridgehead atoms. The van der Waals surface area contributed by atoms with Crippen molar-refractivity contribution in [2.75, 3.05) is 20.6 Å². The lowest BCUT2D eigenvalue weighted by Crippen LogP contribution is -2.52. The molecular weight excluding hydrogens is 206 g/mol. The standard InChI is InChI=1S/C16H22N/c1-17(2)10-6-5-9-16(17)15-11-13-7-3-4-8-14(13)12-15/h3-4,7-8,11,16H,5-6,9-10,12H2,1-2H3/q+1. The maximum atomic E-state index is 2.45. The fourth-order valence-corrected chi connectivity index (χ4v) is 3.52. The Hall–Kier alpha value is -1.08. The molecule has 0 radical (unpaired) electrons. The van der Waals surface area contributed by atoms with Gasteiger partial charge in [-0.05, 0) is 35.6 Å². The van der Waals surface area contributed by atoms with Crippen molar-refractivity contribution in [1.82, 2.24) is 0 Å². The summed E-state index contributed by atoms with van der Waals surface area (Å²) in [5, 5.41) is 0. The summed E-state index contributed by atoms with van der Waals surface area (Å²) < 4.78 is 1.18. The second-order valence-corrected chi connectivity index (χ2v) is 6.11. The van der Waals surface area contributed by atoms with Crippen LogP contribution in [-0.2, 0) is 6.42 Å². The van der Waals surface area contributed by atoms with Gasteiger partial charge in [0.15, 0.2) is 0 Å². The van der Waals surface area contributed by atoms with E-state index in [0.29, 0.717) is 0 Å². The zero-order valence-electron chi connectivity index (χ0n) is 10.9. The largest absolute Gasteiger partial charge is 0.323 e. The molecule has 1 atom stereocenters. The quantitative estimate of drug-likeness (QED) is 0.647. The van der Waals surface area contributed by atoms with E-state index in [1.165, 1.54) is 47.8 Å². The fraction of sp³-hybridized carbons (Fsp3) is 0.500. The van der Waals surface area contributed by atoms with Crippen LogP contribution in [0, 0.1) is 0 Å². The number of likely N-dealkylation sites (tertiary alicyclic amines) is 1. The van der Waals surface area contributed by atoms with E-state index in [2.05, 4.69) is 44.4 Å². The van der Waals surface area contributed by atoms with Crippen molar-refractivity contribution in [3.63, 3.8) is 0 Å². The van der Waals surface area contributed by atoms with Gasteiger partial charge in [-0.2, -0.15) is 0 Å². The molecule has 3 rings (SSSR count). The van der Waals surface area contributed by atoms with Crippen LogP contribution in [0.1, 0.15) is 30.4 Å². The number of rotatable bonds is 1. The van der Waals surface area contributed by atoms with E-state index in [-0.39, 0.29) is 0 Å². The van der Waals surface area contributed by atoms with Crippen molar-refractivity contribution in [1.29, 1.82) is 0 Å². The average Bonchev–Trinajstić information content (AvgIpc) is 2.71. The van der Waals surface area contributed by atoms with Crippen LogP contribution >= 0.6 is 0 Å². The first kappa shape index (κ1) is 11.0. The Morgan fingerprint density at radius 2 is 1.94 bits per heavy atom. The first-order valence-electron chi connectivity index (χ1n) is 6.78. The number of piperidine rings is 1. The van der Waals surface area contributed by atoms with Gasteiger partial charge >= 0.3 is 0 Å². The van der Waals surface area contributed by atoms with Crippen LogP contribution in [0.5, 0.6) is 0 Å². The molecule has 90 valence electrons. The van der Waals surface area contributed by atoms with E-state index in [0.717, 1.165) is 6.04 Å². The molecule has 2 aliphatic rings. The predicted octanol–water partition coefficient (Wildman–Crippen LogP) is 3.26. The minimum absolute atomic E-state index is 0.746. The van der Waals surface area contributed by atoms with Crippen molar-refractivity contribution < 1.29 is 4.48 Å². The molecule has 0 amide bonds. The molecule has 1 aliphatic heterocycles. The third-order valence-corrected chi connectivity index (χ3v) is 4.52. The Balaban J connectivity index is 1.88. The molecule has 1 heteroatoms. The normalized spacial score (nSPS) is 26.5. The molecule has 1 aromatic rings. The number of benzene rings is 1. The third-order valence-electron chi connectivity index (χ3n) is 4.52. The Bertz CT molecular complexity index is 456. The highest BCUT2D eigenvalue weighted by Gasteiger charge is 2.35. The first-order valence-corrected chi connectivity index (χ1v) is 6.78. The monoisotopic (exact) mass is 228 g/mol. The Morgan fingerprint density at radius 1 is 1.12 bits per heavy atom. The summed E-state index contributed by atoms with van der Waals surface area (Å²) in [5.74, 6) is 0. The van der Waals surface area contributed by atoms with Gasteiger partial charge in [-0.25, -0.2) is 0 Å². The Morgan fingerprint density at radius 3 is 2.71 bits per heavy atom. The van der Waals surface area contributed by atoms with Crippen LogP contribution in [0.25, 0.3) is 6.08 Å². The van der Waals surface area contributed by atoms with Crippen molar-refractivity contribution in [3.8, 4) is 0 Å². The highest BCUT2D eigenvalue weighted by molar-refractivity contribution is 5.64. The zero-order chi connectivity index (χ0) is 11.9. The van der Waals surface area contributed by atoms with Gasteiger partial charge in [-0.3, -0.25) is 0 Å². The molecule has 1 aromatic carbocycles. The minimum Gasteiger partial charge on any atom is -0.323 e. The summed E-state index contributed by atoms with van der Waals surface area (Å²) >= 11 is 0. The molecule has 0 N–H and O–H groups in total. The van der Waals surface area contributed by atoms with Gasteiger partial charge in [-0.1, -0.05) is 24.3 Å². The SMILES string of the molecule is C[N+]1(C)CCCCC1C1=Cc2ccccc2C1. The summed E-state index contributed by atoms with van der Waals surface area (Å²) in [6, 6.07) is 9.60. The number of nitrogens with zero attached hydrogens (tertiary/aromatic N) is 1. The maximum absolute atomic E-state index is 2.45. The molecule has 1 fully saturated rings. The van der Waals surface area contributed by atoms with Crippen molar-refractivity contribution in [2.24, 2.45) is 0 Å². The van der Waals surface area contributed by atoms with E-state index in [9.17, 15) is 0 Å². The Kier molecular flexibility index (Phi) is 2.59. The average molecular weight is 228 g/mol. The smallest absolute Gasteiger partial charge is 0.111 e. The van der Waals surface area contributed by atoms with Crippen molar-refractivity contribution >= 4 is 6.08 Å². The van der Waals surface area contributed by atoms with Crippen LogP contribution < -0.4 is 0 Å². The van der Waals surface area contributed by atoms with Gasteiger partial charge < -0.3 is 4.48 Å². The summed E-state index contributed by atoms with van der Waals surface area (Å²) in [5.41, 5.74) is 4.64. The Labute approximate surface area is 104 Å². The number of hydrogen-bond donors (Lipinski definition) is 0.